The lowest BCUT2D eigenvalue weighted by Gasteiger charge is -2.26. The van der Waals surface area contributed by atoms with Gasteiger partial charge in [0.15, 0.2) is 0 Å². The average Bonchev–Trinajstić information content (AvgIpc) is 2.37. The quantitative estimate of drug-likeness (QED) is 0.896. The Kier molecular flexibility index (Phi) is 5.67. The van der Waals surface area contributed by atoms with Crippen LogP contribution in [0.1, 0.15) is 26.3 Å². The minimum Gasteiger partial charge on any atom is -0.344 e. The first-order chi connectivity index (χ1) is 9.31. The van der Waals surface area contributed by atoms with Gasteiger partial charge in [0, 0.05) is 20.5 Å². The molecular weight excluding hydrogens is 259 g/mol. The van der Waals surface area contributed by atoms with E-state index >= 15 is 0 Å². The summed E-state index contributed by atoms with van der Waals surface area (Å²) in [5.41, 5.74) is 0.840. The molecule has 0 saturated heterocycles. The molecule has 0 spiro atoms. The van der Waals surface area contributed by atoms with Crippen molar-refractivity contribution in [1.82, 2.24) is 10.2 Å². The minimum absolute atomic E-state index is 0.00191. The molecular formula is C15H21FN2O2. The van der Waals surface area contributed by atoms with E-state index in [1.165, 1.54) is 24.0 Å². The summed E-state index contributed by atoms with van der Waals surface area (Å²) < 4.78 is 12.8. The molecule has 0 saturated carbocycles. The van der Waals surface area contributed by atoms with Crippen LogP contribution in [0.3, 0.4) is 0 Å². The van der Waals surface area contributed by atoms with Crippen LogP contribution >= 0.6 is 0 Å². The Morgan fingerprint density at radius 1 is 1.25 bits per heavy atom. The van der Waals surface area contributed by atoms with Crippen LogP contribution in [-0.4, -0.2) is 29.8 Å². The predicted molar refractivity (Wildman–Crippen MR) is 75.3 cm³/mol. The molecule has 4 nitrogen and oxygen atoms in total. The van der Waals surface area contributed by atoms with Crippen LogP contribution in [0.2, 0.25) is 0 Å². The van der Waals surface area contributed by atoms with Crippen molar-refractivity contribution in [2.24, 2.45) is 5.92 Å². The molecule has 5 heteroatoms. The smallest absolute Gasteiger partial charge is 0.245 e. The van der Waals surface area contributed by atoms with Gasteiger partial charge in [-0.2, -0.15) is 0 Å². The SMILES string of the molecule is CC(=O)NC(C(=O)N(C)Cc1ccc(F)cc1)C(C)C. The number of halogens is 1. The number of amides is 2. The molecule has 20 heavy (non-hydrogen) atoms. The van der Waals surface area contributed by atoms with E-state index in [0.717, 1.165) is 5.56 Å². The summed E-state index contributed by atoms with van der Waals surface area (Å²) in [6, 6.07) is 5.46. The lowest BCUT2D eigenvalue weighted by Crippen LogP contribution is -2.49. The van der Waals surface area contributed by atoms with Crippen molar-refractivity contribution < 1.29 is 14.0 Å². The molecule has 1 atom stereocenters. The monoisotopic (exact) mass is 280 g/mol. The molecule has 1 N–H and O–H groups in total. The van der Waals surface area contributed by atoms with Crippen LogP contribution in [-0.2, 0) is 16.1 Å². The number of likely N-dealkylation sites (N-methyl/N-ethyl adjacent to an activating group) is 1. The molecule has 0 heterocycles. The lowest BCUT2D eigenvalue weighted by atomic mass is 10.0. The molecule has 0 bridgehead atoms. The van der Waals surface area contributed by atoms with Crippen LogP contribution in [0.15, 0.2) is 24.3 Å². The Balaban J connectivity index is 2.73. The number of nitrogens with zero attached hydrogens (tertiary/aromatic N) is 1. The fraction of sp³-hybridized carbons (Fsp3) is 0.467. The number of rotatable bonds is 5. The van der Waals surface area contributed by atoms with Gasteiger partial charge in [0.2, 0.25) is 11.8 Å². The van der Waals surface area contributed by atoms with E-state index < -0.39 is 6.04 Å². The maximum absolute atomic E-state index is 12.8. The second kappa shape index (κ2) is 7.03. The Bertz CT molecular complexity index is 471. The van der Waals surface area contributed by atoms with Crippen molar-refractivity contribution in [2.75, 3.05) is 7.05 Å². The van der Waals surface area contributed by atoms with Gasteiger partial charge in [-0.05, 0) is 23.6 Å². The summed E-state index contributed by atoms with van der Waals surface area (Å²) in [6.45, 7) is 5.53. The van der Waals surface area contributed by atoms with E-state index in [1.807, 2.05) is 13.8 Å². The molecule has 0 aliphatic carbocycles. The summed E-state index contributed by atoms with van der Waals surface area (Å²) in [5, 5.41) is 2.66. The maximum Gasteiger partial charge on any atom is 0.245 e. The van der Waals surface area contributed by atoms with Crippen LogP contribution in [0.5, 0.6) is 0 Å². The molecule has 1 aromatic carbocycles. The van der Waals surface area contributed by atoms with E-state index in [2.05, 4.69) is 5.32 Å². The number of hydrogen-bond donors (Lipinski definition) is 1. The van der Waals surface area contributed by atoms with E-state index in [4.69, 9.17) is 0 Å². The summed E-state index contributed by atoms with van der Waals surface area (Å²) in [6.07, 6.45) is 0. The molecule has 1 unspecified atom stereocenters. The van der Waals surface area contributed by atoms with Gasteiger partial charge in [0.25, 0.3) is 0 Å². The number of nitrogens with one attached hydrogen (secondary N) is 1. The molecule has 0 aliphatic heterocycles. The summed E-state index contributed by atoms with van der Waals surface area (Å²) >= 11 is 0. The van der Waals surface area contributed by atoms with Gasteiger partial charge < -0.3 is 10.2 Å². The van der Waals surface area contributed by atoms with Crippen molar-refractivity contribution in [3.8, 4) is 0 Å². The van der Waals surface area contributed by atoms with Gasteiger partial charge in [-0.15, -0.1) is 0 Å². The van der Waals surface area contributed by atoms with Gasteiger partial charge in [0.1, 0.15) is 11.9 Å². The van der Waals surface area contributed by atoms with E-state index in [-0.39, 0.29) is 23.5 Å². The Morgan fingerprint density at radius 3 is 2.25 bits per heavy atom. The van der Waals surface area contributed by atoms with E-state index in [0.29, 0.717) is 6.54 Å². The molecule has 0 radical (unpaired) electrons. The predicted octanol–water partition coefficient (Wildman–Crippen LogP) is 1.94. The molecule has 1 rings (SSSR count). The Morgan fingerprint density at radius 2 is 1.80 bits per heavy atom. The van der Waals surface area contributed by atoms with Crippen LogP contribution in [0, 0.1) is 11.7 Å². The number of hydrogen-bond acceptors (Lipinski definition) is 2. The number of carbonyl (C=O) groups is 2. The van der Waals surface area contributed by atoms with Gasteiger partial charge >= 0.3 is 0 Å². The Labute approximate surface area is 119 Å². The highest BCUT2D eigenvalue weighted by atomic mass is 19.1. The second-order valence-electron chi connectivity index (χ2n) is 5.24. The van der Waals surface area contributed by atoms with Crippen LogP contribution in [0.25, 0.3) is 0 Å². The topological polar surface area (TPSA) is 49.4 Å². The third kappa shape index (κ3) is 4.64. The largest absolute Gasteiger partial charge is 0.344 e. The van der Waals surface area contributed by atoms with Crippen molar-refractivity contribution >= 4 is 11.8 Å². The van der Waals surface area contributed by atoms with Crippen molar-refractivity contribution in [2.45, 2.75) is 33.4 Å². The third-order valence-corrected chi connectivity index (χ3v) is 3.00. The number of benzene rings is 1. The molecule has 0 aromatic heterocycles. The molecule has 0 aliphatic rings. The van der Waals surface area contributed by atoms with Gasteiger partial charge in [-0.1, -0.05) is 26.0 Å². The highest BCUT2D eigenvalue weighted by molar-refractivity contribution is 5.86. The fourth-order valence-corrected chi connectivity index (χ4v) is 1.91. The van der Waals surface area contributed by atoms with E-state index in [1.54, 1.807) is 19.2 Å². The van der Waals surface area contributed by atoms with Gasteiger partial charge in [-0.3, -0.25) is 9.59 Å². The number of carbonyl (C=O) groups excluding carboxylic acids is 2. The molecule has 1 aromatic rings. The van der Waals surface area contributed by atoms with Crippen molar-refractivity contribution in [1.29, 1.82) is 0 Å². The highest BCUT2D eigenvalue weighted by Gasteiger charge is 2.25. The van der Waals surface area contributed by atoms with E-state index in [9.17, 15) is 14.0 Å². The first-order valence-corrected chi connectivity index (χ1v) is 6.57. The minimum atomic E-state index is -0.544. The third-order valence-electron chi connectivity index (χ3n) is 3.00. The standard InChI is InChI=1S/C15H21FN2O2/c1-10(2)14(17-11(3)19)15(20)18(4)9-12-5-7-13(16)8-6-12/h5-8,10,14H,9H2,1-4H3,(H,17,19). The molecule has 0 fully saturated rings. The van der Waals surface area contributed by atoms with Crippen molar-refractivity contribution in [3.63, 3.8) is 0 Å². The first-order valence-electron chi connectivity index (χ1n) is 6.57. The van der Waals surface area contributed by atoms with Gasteiger partial charge in [0.05, 0.1) is 0 Å². The Hall–Kier alpha value is -1.91. The molecule has 2 amide bonds. The zero-order valence-electron chi connectivity index (χ0n) is 12.3. The highest BCUT2D eigenvalue weighted by Crippen LogP contribution is 2.10. The fourth-order valence-electron chi connectivity index (χ4n) is 1.91. The maximum atomic E-state index is 12.8. The van der Waals surface area contributed by atoms with Gasteiger partial charge in [-0.25, -0.2) is 4.39 Å². The molecule has 110 valence electrons. The summed E-state index contributed by atoms with van der Waals surface area (Å²) in [7, 11) is 1.67. The zero-order valence-corrected chi connectivity index (χ0v) is 12.3. The van der Waals surface area contributed by atoms with Crippen molar-refractivity contribution in [3.05, 3.63) is 35.6 Å². The van der Waals surface area contributed by atoms with Crippen LogP contribution in [0.4, 0.5) is 4.39 Å². The zero-order chi connectivity index (χ0) is 15.3. The normalized spacial score (nSPS) is 12.1. The lowest BCUT2D eigenvalue weighted by molar-refractivity contribution is -0.136. The second-order valence-corrected chi connectivity index (χ2v) is 5.24. The summed E-state index contributed by atoms with van der Waals surface area (Å²) in [4.78, 5) is 25.0. The van der Waals surface area contributed by atoms with Crippen LogP contribution < -0.4 is 5.32 Å². The first kappa shape index (κ1) is 16.1. The summed E-state index contributed by atoms with van der Waals surface area (Å²) in [5.74, 6) is -0.685. The average molecular weight is 280 g/mol.